The van der Waals surface area contributed by atoms with E-state index in [1.54, 1.807) is 0 Å². The minimum absolute atomic E-state index is 0.0179. The minimum Gasteiger partial charge on any atom is -0.381 e. The van der Waals surface area contributed by atoms with E-state index < -0.39 is 0 Å². The van der Waals surface area contributed by atoms with Crippen molar-refractivity contribution in [3.63, 3.8) is 0 Å². The number of carbonyl (C=O) groups is 2. The lowest BCUT2D eigenvalue weighted by Crippen LogP contribution is -2.45. The zero-order valence-electron chi connectivity index (χ0n) is 13.7. The van der Waals surface area contributed by atoms with Gasteiger partial charge in [0.25, 0.3) is 0 Å². The summed E-state index contributed by atoms with van der Waals surface area (Å²) in [6.07, 6.45) is 4.15. The molecule has 21 heavy (non-hydrogen) atoms. The number of hydrogen-bond donors (Lipinski definition) is 1. The Morgan fingerprint density at radius 2 is 2.00 bits per heavy atom. The fraction of sp³-hybridized carbons (Fsp3) is 0.875. The smallest absolute Gasteiger partial charge is 0.245 e. The first kappa shape index (κ1) is 18.0. The summed E-state index contributed by atoms with van der Waals surface area (Å²) in [5, 5.41) is 2.85. The third-order valence-electron chi connectivity index (χ3n) is 3.62. The van der Waals surface area contributed by atoms with Crippen LogP contribution < -0.4 is 5.32 Å². The summed E-state index contributed by atoms with van der Waals surface area (Å²) in [7, 11) is 0. The van der Waals surface area contributed by atoms with Gasteiger partial charge in [-0.2, -0.15) is 0 Å². The molecule has 0 aromatic carbocycles. The highest BCUT2D eigenvalue weighted by Gasteiger charge is 2.29. The second-order valence-corrected chi connectivity index (χ2v) is 6.14. The second kappa shape index (κ2) is 9.77. The van der Waals surface area contributed by atoms with Gasteiger partial charge >= 0.3 is 0 Å². The van der Waals surface area contributed by atoms with E-state index in [1.807, 2.05) is 4.90 Å². The van der Waals surface area contributed by atoms with E-state index in [1.165, 1.54) is 0 Å². The van der Waals surface area contributed by atoms with Gasteiger partial charge in [-0.3, -0.25) is 9.59 Å². The van der Waals surface area contributed by atoms with Crippen molar-refractivity contribution in [2.24, 2.45) is 5.92 Å². The number of unbranched alkanes of at least 4 members (excludes halogenated alkanes) is 1. The summed E-state index contributed by atoms with van der Waals surface area (Å²) in [6, 6.07) is -0.360. The van der Waals surface area contributed by atoms with Crippen molar-refractivity contribution in [2.75, 3.05) is 26.3 Å². The fourth-order valence-electron chi connectivity index (χ4n) is 2.45. The summed E-state index contributed by atoms with van der Waals surface area (Å²) < 4.78 is 5.52. The summed E-state index contributed by atoms with van der Waals surface area (Å²) in [5.74, 6) is 0.426. The van der Waals surface area contributed by atoms with E-state index in [2.05, 4.69) is 26.1 Å². The van der Waals surface area contributed by atoms with Crippen LogP contribution in [0.5, 0.6) is 0 Å². The van der Waals surface area contributed by atoms with Crippen molar-refractivity contribution in [2.45, 2.75) is 58.9 Å². The lowest BCUT2D eigenvalue weighted by molar-refractivity contribution is -0.134. The lowest BCUT2D eigenvalue weighted by atomic mass is 10.0. The maximum Gasteiger partial charge on any atom is 0.245 e. The van der Waals surface area contributed by atoms with Crippen molar-refractivity contribution < 1.29 is 14.3 Å². The monoisotopic (exact) mass is 298 g/mol. The average molecular weight is 298 g/mol. The van der Waals surface area contributed by atoms with E-state index in [-0.39, 0.29) is 17.9 Å². The summed E-state index contributed by atoms with van der Waals surface area (Å²) in [5.41, 5.74) is 0. The molecule has 1 N–H and O–H groups in total. The van der Waals surface area contributed by atoms with Crippen LogP contribution in [0.1, 0.15) is 52.9 Å². The van der Waals surface area contributed by atoms with Gasteiger partial charge in [-0.1, -0.05) is 27.2 Å². The Morgan fingerprint density at radius 3 is 2.67 bits per heavy atom. The maximum atomic E-state index is 12.5. The average Bonchev–Trinajstić information content (AvgIpc) is 2.55. The highest BCUT2D eigenvalue weighted by Crippen LogP contribution is 2.12. The van der Waals surface area contributed by atoms with Crippen LogP contribution in [0.3, 0.4) is 0 Å². The molecule has 0 aromatic rings. The number of nitrogens with zero attached hydrogens (tertiary/aromatic N) is 1. The Kier molecular flexibility index (Phi) is 8.35. The molecule has 0 aliphatic carbocycles. The normalized spacial score (nSPS) is 19.8. The van der Waals surface area contributed by atoms with Gasteiger partial charge in [0.05, 0.1) is 0 Å². The predicted octanol–water partition coefficient (Wildman–Crippen LogP) is 1.96. The molecule has 1 saturated heterocycles. The number of rotatable bonds is 9. The van der Waals surface area contributed by atoms with Crippen LogP contribution in [0.15, 0.2) is 0 Å². The largest absolute Gasteiger partial charge is 0.381 e. The zero-order valence-corrected chi connectivity index (χ0v) is 13.7. The number of hydrogen-bond acceptors (Lipinski definition) is 3. The molecule has 0 aromatic heterocycles. The first-order valence-corrected chi connectivity index (χ1v) is 8.20. The van der Waals surface area contributed by atoms with Crippen molar-refractivity contribution in [1.29, 1.82) is 0 Å². The number of amides is 2. The number of carbonyl (C=O) groups excluding carboxylic acids is 2. The summed E-state index contributed by atoms with van der Waals surface area (Å²) >= 11 is 0. The van der Waals surface area contributed by atoms with Gasteiger partial charge in [-0.05, 0) is 25.2 Å². The predicted molar refractivity (Wildman–Crippen MR) is 82.9 cm³/mol. The maximum absolute atomic E-state index is 12.5. The third kappa shape index (κ3) is 6.93. The number of ether oxygens (including phenoxy) is 1. The topological polar surface area (TPSA) is 58.6 Å². The first-order chi connectivity index (χ1) is 10.0. The Morgan fingerprint density at radius 1 is 1.29 bits per heavy atom. The van der Waals surface area contributed by atoms with E-state index in [9.17, 15) is 9.59 Å². The zero-order chi connectivity index (χ0) is 15.7. The Balaban J connectivity index is 2.40. The molecule has 1 rings (SSSR count). The van der Waals surface area contributed by atoms with Crippen molar-refractivity contribution in [3.8, 4) is 0 Å². The molecule has 1 unspecified atom stereocenters. The Hall–Kier alpha value is -1.10. The molecule has 0 spiro atoms. The van der Waals surface area contributed by atoms with Crippen LogP contribution in [0.25, 0.3) is 0 Å². The van der Waals surface area contributed by atoms with Crippen molar-refractivity contribution in [1.82, 2.24) is 10.2 Å². The van der Waals surface area contributed by atoms with Crippen LogP contribution in [0, 0.1) is 5.92 Å². The van der Waals surface area contributed by atoms with E-state index in [4.69, 9.17) is 4.74 Å². The van der Waals surface area contributed by atoms with Crippen LogP contribution in [-0.4, -0.2) is 49.1 Å². The Bertz CT molecular complexity index is 331. The molecule has 2 amide bonds. The number of nitrogens with one attached hydrogen (secondary N) is 1. The molecule has 0 radical (unpaired) electrons. The van der Waals surface area contributed by atoms with Gasteiger partial charge in [0.2, 0.25) is 11.8 Å². The van der Waals surface area contributed by atoms with E-state index >= 15 is 0 Å². The van der Waals surface area contributed by atoms with E-state index in [0.29, 0.717) is 38.5 Å². The van der Waals surface area contributed by atoms with Gasteiger partial charge in [0.1, 0.15) is 6.04 Å². The molecule has 1 aliphatic rings. The van der Waals surface area contributed by atoms with Gasteiger partial charge in [0, 0.05) is 32.7 Å². The molecule has 1 fully saturated rings. The summed E-state index contributed by atoms with van der Waals surface area (Å²) in [6.45, 7) is 8.94. The fourth-order valence-corrected chi connectivity index (χ4v) is 2.45. The molecule has 122 valence electrons. The van der Waals surface area contributed by atoms with Crippen LogP contribution in [0.2, 0.25) is 0 Å². The van der Waals surface area contributed by atoms with E-state index in [0.717, 1.165) is 25.9 Å². The summed E-state index contributed by atoms with van der Waals surface area (Å²) in [4.78, 5) is 26.0. The molecule has 0 saturated carbocycles. The van der Waals surface area contributed by atoms with Crippen molar-refractivity contribution in [3.05, 3.63) is 0 Å². The highest BCUT2D eigenvalue weighted by atomic mass is 16.5. The third-order valence-corrected chi connectivity index (χ3v) is 3.62. The van der Waals surface area contributed by atoms with Crippen LogP contribution >= 0.6 is 0 Å². The molecule has 1 atom stereocenters. The Labute approximate surface area is 128 Å². The molecule has 5 heteroatoms. The van der Waals surface area contributed by atoms with Gasteiger partial charge < -0.3 is 15.0 Å². The second-order valence-electron chi connectivity index (χ2n) is 6.14. The molecular formula is C16H30N2O3. The quantitative estimate of drug-likeness (QED) is 0.662. The molecule has 0 bridgehead atoms. The first-order valence-electron chi connectivity index (χ1n) is 8.20. The van der Waals surface area contributed by atoms with Gasteiger partial charge in [-0.25, -0.2) is 0 Å². The van der Waals surface area contributed by atoms with Gasteiger partial charge in [-0.15, -0.1) is 0 Å². The molecular weight excluding hydrogens is 268 g/mol. The van der Waals surface area contributed by atoms with Crippen LogP contribution in [0.4, 0.5) is 0 Å². The van der Waals surface area contributed by atoms with Crippen LogP contribution in [-0.2, 0) is 14.3 Å². The minimum atomic E-state index is -0.360. The highest BCUT2D eigenvalue weighted by molar-refractivity contribution is 5.89. The standard InChI is InChI=1S/C16H30N2O3/c1-4-5-10-21-11-6-8-18-9-7-15(19)17-14(16(18)20)12-13(2)3/h13-14H,4-12H2,1-3H3,(H,17,19). The van der Waals surface area contributed by atoms with Crippen molar-refractivity contribution >= 4 is 11.8 Å². The van der Waals surface area contributed by atoms with Gasteiger partial charge in [0.15, 0.2) is 0 Å². The SMILES string of the molecule is CCCCOCCCN1CCC(=O)NC(CC(C)C)C1=O. The molecule has 1 heterocycles. The lowest BCUT2D eigenvalue weighted by Gasteiger charge is -2.25. The molecule has 5 nitrogen and oxygen atoms in total. The molecule has 1 aliphatic heterocycles.